The van der Waals surface area contributed by atoms with E-state index in [0.717, 1.165) is 31.0 Å². The molecule has 20 heavy (non-hydrogen) atoms. The Morgan fingerprint density at radius 2 is 2.15 bits per heavy atom. The topological polar surface area (TPSA) is 71.2 Å². The van der Waals surface area contributed by atoms with Gasteiger partial charge in [0.05, 0.1) is 13.1 Å². The molecule has 0 saturated heterocycles. The molecule has 112 valence electrons. The minimum Gasteiger partial charge on any atom is -0.480 e. The smallest absolute Gasteiger partial charge is 0.322 e. The van der Waals surface area contributed by atoms with Crippen molar-refractivity contribution in [3.8, 4) is 0 Å². The van der Waals surface area contributed by atoms with E-state index in [1.165, 1.54) is 0 Å². The lowest BCUT2D eigenvalue weighted by molar-refractivity contribution is -0.145. The van der Waals surface area contributed by atoms with Crippen LogP contribution in [0.1, 0.15) is 45.3 Å². The molecule has 2 rings (SSSR count). The van der Waals surface area contributed by atoms with E-state index < -0.39 is 12.0 Å². The van der Waals surface area contributed by atoms with Crippen molar-refractivity contribution in [1.82, 2.24) is 19.7 Å². The maximum absolute atomic E-state index is 11.5. The highest BCUT2D eigenvalue weighted by Crippen LogP contribution is 2.27. The Labute approximate surface area is 119 Å². The number of carbonyl (C=O) groups is 1. The molecule has 0 radical (unpaired) electrons. The zero-order valence-electron chi connectivity index (χ0n) is 12.8. The fraction of sp³-hybridized carbons (Fsp3) is 0.786. The second-order valence-corrected chi connectivity index (χ2v) is 6.37. The molecule has 1 aliphatic rings. The molecule has 0 saturated carbocycles. The second-order valence-electron chi connectivity index (χ2n) is 6.37. The summed E-state index contributed by atoms with van der Waals surface area (Å²) in [7, 11) is 0. The first-order valence-electron chi connectivity index (χ1n) is 7.19. The molecule has 6 nitrogen and oxygen atoms in total. The summed E-state index contributed by atoms with van der Waals surface area (Å²) in [5.74, 6) is 0.896. The molecule has 0 fully saturated rings. The van der Waals surface area contributed by atoms with Crippen molar-refractivity contribution in [2.45, 2.75) is 59.7 Å². The summed E-state index contributed by atoms with van der Waals surface area (Å²) in [5.41, 5.74) is 0.240. The van der Waals surface area contributed by atoms with Crippen LogP contribution in [-0.2, 0) is 17.9 Å². The van der Waals surface area contributed by atoms with Gasteiger partial charge in [0.1, 0.15) is 17.7 Å². The Bertz CT molecular complexity index is 495. The largest absolute Gasteiger partial charge is 0.480 e. The average molecular weight is 280 g/mol. The molecule has 0 spiro atoms. The molecule has 1 atom stereocenters. The lowest BCUT2D eigenvalue weighted by atomic mass is 9.86. The first kappa shape index (κ1) is 15.0. The molecule has 0 bridgehead atoms. The average Bonchev–Trinajstić information content (AvgIpc) is 2.76. The summed E-state index contributed by atoms with van der Waals surface area (Å²) < 4.78 is 1.92. The van der Waals surface area contributed by atoms with Crippen LogP contribution in [0.2, 0.25) is 0 Å². The van der Waals surface area contributed by atoms with Gasteiger partial charge in [-0.05, 0) is 18.8 Å². The lowest BCUT2D eigenvalue weighted by Crippen LogP contribution is -2.48. The number of fused-ring (bicyclic) bond motifs is 1. The summed E-state index contributed by atoms with van der Waals surface area (Å²) in [6, 6.07) is -0.482. The van der Waals surface area contributed by atoms with Gasteiger partial charge < -0.3 is 9.67 Å². The molecular formula is C14H24N4O2. The molecule has 1 aromatic rings. The van der Waals surface area contributed by atoms with Gasteiger partial charge in [0.25, 0.3) is 0 Å². The highest BCUT2D eigenvalue weighted by atomic mass is 16.4. The van der Waals surface area contributed by atoms with Crippen LogP contribution in [0.4, 0.5) is 0 Å². The maximum atomic E-state index is 11.5. The maximum Gasteiger partial charge on any atom is 0.322 e. The van der Waals surface area contributed by atoms with Crippen LogP contribution in [0.25, 0.3) is 0 Å². The van der Waals surface area contributed by atoms with Gasteiger partial charge in [0, 0.05) is 6.54 Å². The number of rotatable bonds is 5. The number of nitrogens with zero attached hydrogens (tertiary/aromatic N) is 4. The number of aromatic nitrogens is 3. The number of carboxylic acid groups (broad SMARTS) is 1. The first-order chi connectivity index (χ1) is 9.34. The minimum absolute atomic E-state index is 0.240. The Hall–Kier alpha value is -1.43. The van der Waals surface area contributed by atoms with Crippen LogP contribution in [0.5, 0.6) is 0 Å². The summed E-state index contributed by atoms with van der Waals surface area (Å²) >= 11 is 0. The van der Waals surface area contributed by atoms with Crippen LogP contribution >= 0.6 is 0 Å². The summed E-state index contributed by atoms with van der Waals surface area (Å²) in [6.07, 6.45) is 2.08. The predicted octanol–water partition coefficient (Wildman–Crippen LogP) is 1.68. The fourth-order valence-electron chi connectivity index (χ4n) is 2.45. The van der Waals surface area contributed by atoms with E-state index in [-0.39, 0.29) is 5.41 Å². The van der Waals surface area contributed by atoms with Gasteiger partial charge in [0.15, 0.2) is 0 Å². The van der Waals surface area contributed by atoms with Crippen LogP contribution in [-0.4, -0.2) is 43.3 Å². The van der Waals surface area contributed by atoms with Gasteiger partial charge in [-0.1, -0.05) is 27.2 Å². The molecule has 2 heterocycles. The number of aliphatic carboxylic acids is 1. The Morgan fingerprint density at radius 3 is 2.75 bits per heavy atom. The van der Waals surface area contributed by atoms with E-state index >= 15 is 0 Å². The molecule has 1 aliphatic heterocycles. The third kappa shape index (κ3) is 3.00. The van der Waals surface area contributed by atoms with Crippen molar-refractivity contribution in [3.63, 3.8) is 0 Å². The van der Waals surface area contributed by atoms with Crippen LogP contribution in [0.3, 0.4) is 0 Å². The normalized spacial score (nSPS) is 19.9. The van der Waals surface area contributed by atoms with E-state index in [4.69, 9.17) is 0 Å². The van der Waals surface area contributed by atoms with Gasteiger partial charge in [-0.25, -0.2) is 0 Å². The molecule has 0 aliphatic carbocycles. The monoisotopic (exact) mass is 280 g/mol. The first-order valence-corrected chi connectivity index (χ1v) is 7.19. The molecule has 1 unspecified atom stereocenters. The van der Waals surface area contributed by atoms with Crippen molar-refractivity contribution in [3.05, 3.63) is 11.6 Å². The minimum atomic E-state index is -0.766. The molecule has 6 heteroatoms. The van der Waals surface area contributed by atoms with Crippen molar-refractivity contribution in [1.29, 1.82) is 0 Å². The number of hydrogen-bond donors (Lipinski definition) is 1. The molecule has 0 amide bonds. The van der Waals surface area contributed by atoms with Crippen molar-refractivity contribution >= 4 is 5.97 Å². The van der Waals surface area contributed by atoms with Crippen molar-refractivity contribution in [2.24, 2.45) is 5.41 Å². The predicted molar refractivity (Wildman–Crippen MR) is 75.3 cm³/mol. The van der Waals surface area contributed by atoms with Crippen LogP contribution in [0, 0.1) is 12.3 Å². The summed E-state index contributed by atoms with van der Waals surface area (Å²) in [6.45, 7) is 10.3. The van der Waals surface area contributed by atoms with E-state index in [1.807, 2.05) is 16.4 Å². The van der Waals surface area contributed by atoms with Gasteiger partial charge in [-0.2, -0.15) is 0 Å². The number of carboxylic acids is 1. The summed E-state index contributed by atoms with van der Waals surface area (Å²) in [4.78, 5) is 13.5. The lowest BCUT2D eigenvalue weighted by Gasteiger charge is -2.35. The Balaban J connectivity index is 2.13. The fourth-order valence-corrected chi connectivity index (χ4v) is 2.45. The highest BCUT2D eigenvalue weighted by Gasteiger charge is 2.33. The van der Waals surface area contributed by atoms with Crippen molar-refractivity contribution < 1.29 is 9.90 Å². The van der Waals surface area contributed by atoms with E-state index in [0.29, 0.717) is 13.1 Å². The van der Waals surface area contributed by atoms with E-state index in [2.05, 4.69) is 31.0 Å². The third-order valence-electron chi connectivity index (χ3n) is 4.47. The second kappa shape index (κ2) is 5.52. The Morgan fingerprint density at radius 1 is 1.45 bits per heavy atom. The van der Waals surface area contributed by atoms with Crippen LogP contribution < -0.4 is 0 Å². The molecule has 1 N–H and O–H groups in total. The quantitative estimate of drug-likeness (QED) is 0.888. The van der Waals surface area contributed by atoms with Gasteiger partial charge in [-0.3, -0.25) is 9.69 Å². The highest BCUT2D eigenvalue weighted by molar-refractivity contribution is 5.73. The summed E-state index contributed by atoms with van der Waals surface area (Å²) in [5, 5.41) is 17.6. The number of aryl methyl sites for hydroxylation is 1. The van der Waals surface area contributed by atoms with Crippen molar-refractivity contribution in [2.75, 3.05) is 6.54 Å². The zero-order valence-corrected chi connectivity index (χ0v) is 12.8. The van der Waals surface area contributed by atoms with E-state index in [9.17, 15) is 9.90 Å². The molecule has 0 aromatic carbocycles. The molecule has 1 aromatic heterocycles. The third-order valence-corrected chi connectivity index (χ3v) is 4.47. The van der Waals surface area contributed by atoms with Gasteiger partial charge in [-0.15, -0.1) is 10.2 Å². The molecular weight excluding hydrogens is 256 g/mol. The SMILES string of the molecule is CCC(C)(C)CCN1Cc2nnc(C)n2CC1C(=O)O. The van der Waals surface area contributed by atoms with E-state index in [1.54, 1.807) is 0 Å². The number of hydrogen-bond acceptors (Lipinski definition) is 4. The standard InChI is InChI=1S/C14H24N4O2/c1-5-14(3,4)6-7-17-9-12-16-15-10(2)18(12)8-11(17)13(19)20/h11H,5-9H2,1-4H3,(H,19,20). The van der Waals surface area contributed by atoms with Gasteiger partial charge in [0.2, 0.25) is 0 Å². The van der Waals surface area contributed by atoms with Crippen LogP contribution in [0.15, 0.2) is 0 Å². The Kier molecular flexibility index (Phi) is 4.13. The zero-order chi connectivity index (χ0) is 14.9. The van der Waals surface area contributed by atoms with Gasteiger partial charge >= 0.3 is 5.97 Å².